The Morgan fingerprint density at radius 3 is 2.85 bits per heavy atom. The highest BCUT2D eigenvalue weighted by Crippen LogP contribution is 2.27. The average molecular weight is 292 g/mol. The molecule has 106 valence electrons. The first-order valence-electron chi connectivity index (χ1n) is 6.18. The summed E-state index contributed by atoms with van der Waals surface area (Å²) in [5.74, 6) is 0.282. The number of hydrogen-bond acceptors (Lipinski definition) is 5. The summed E-state index contributed by atoms with van der Waals surface area (Å²) in [5.41, 5.74) is 2.08. The molecule has 0 spiro atoms. The molecule has 0 bridgehead atoms. The first kappa shape index (κ1) is 14.5. The number of benzene rings is 1. The highest BCUT2D eigenvalue weighted by Gasteiger charge is 2.15. The van der Waals surface area contributed by atoms with Crippen molar-refractivity contribution >= 4 is 17.0 Å². The number of nitrogens with one attached hydrogen (secondary N) is 1. The minimum Gasteiger partial charge on any atom is -0.490 e. The van der Waals surface area contributed by atoms with Crippen LogP contribution in [0.3, 0.4) is 0 Å². The fourth-order valence-corrected chi connectivity index (χ4v) is 2.65. The fraction of sp³-hybridized carbons (Fsp3) is 0.286. The molecule has 1 aromatic heterocycles. The summed E-state index contributed by atoms with van der Waals surface area (Å²) in [7, 11) is 1.43. The van der Waals surface area contributed by atoms with E-state index in [2.05, 4.69) is 23.7 Å². The number of methoxy groups -OCH3 is 1. The number of ether oxygens (including phenoxy) is 1. The van der Waals surface area contributed by atoms with E-state index in [1.807, 2.05) is 11.4 Å². The van der Waals surface area contributed by atoms with Crippen molar-refractivity contribution < 1.29 is 9.66 Å². The van der Waals surface area contributed by atoms with Gasteiger partial charge in [-0.2, -0.15) is 11.3 Å². The number of nitro benzene ring substituents is 1. The Bertz CT molecular complexity index is 584. The molecular formula is C14H16N2O3S. The zero-order valence-corrected chi connectivity index (χ0v) is 12.1. The van der Waals surface area contributed by atoms with E-state index in [4.69, 9.17) is 4.74 Å². The molecule has 20 heavy (non-hydrogen) atoms. The van der Waals surface area contributed by atoms with Gasteiger partial charge in [-0.05, 0) is 40.9 Å². The van der Waals surface area contributed by atoms with Crippen LogP contribution in [0.1, 0.15) is 24.1 Å². The van der Waals surface area contributed by atoms with Crippen LogP contribution in [-0.2, 0) is 6.54 Å². The van der Waals surface area contributed by atoms with Crippen LogP contribution in [0.25, 0.3) is 0 Å². The third kappa shape index (κ3) is 3.34. The van der Waals surface area contributed by atoms with E-state index in [9.17, 15) is 10.1 Å². The van der Waals surface area contributed by atoms with E-state index in [1.165, 1.54) is 12.7 Å². The Kier molecular flexibility index (Phi) is 4.70. The summed E-state index contributed by atoms with van der Waals surface area (Å²) in [6, 6.07) is 7.29. The summed E-state index contributed by atoms with van der Waals surface area (Å²) in [4.78, 5) is 10.5. The molecule has 0 aliphatic rings. The summed E-state index contributed by atoms with van der Waals surface area (Å²) in [5, 5.41) is 18.4. The van der Waals surface area contributed by atoms with Gasteiger partial charge in [0.05, 0.1) is 12.0 Å². The molecule has 0 saturated heterocycles. The Morgan fingerprint density at radius 1 is 1.45 bits per heavy atom. The summed E-state index contributed by atoms with van der Waals surface area (Å²) in [6.45, 7) is 2.64. The maximum Gasteiger partial charge on any atom is 0.311 e. The predicted molar refractivity (Wildman–Crippen MR) is 79.2 cm³/mol. The maximum atomic E-state index is 11.0. The van der Waals surface area contributed by atoms with Crippen LogP contribution in [0.15, 0.2) is 35.0 Å². The first-order valence-corrected chi connectivity index (χ1v) is 7.13. The highest BCUT2D eigenvalue weighted by atomic mass is 32.1. The van der Waals surface area contributed by atoms with Gasteiger partial charge in [-0.25, -0.2) is 0 Å². The van der Waals surface area contributed by atoms with Gasteiger partial charge in [-0.15, -0.1) is 0 Å². The molecule has 5 nitrogen and oxygen atoms in total. The van der Waals surface area contributed by atoms with Crippen molar-refractivity contribution in [2.24, 2.45) is 0 Å². The van der Waals surface area contributed by atoms with Crippen molar-refractivity contribution in [1.82, 2.24) is 5.32 Å². The summed E-state index contributed by atoms with van der Waals surface area (Å²) >= 11 is 1.66. The Hall–Kier alpha value is -1.92. The second kappa shape index (κ2) is 6.49. The topological polar surface area (TPSA) is 64.4 Å². The summed E-state index contributed by atoms with van der Waals surface area (Å²) in [6.07, 6.45) is 0. The van der Waals surface area contributed by atoms with E-state index < -0.39 is 4.92 Å². The molecule has 1 aromatic carbocycles. The van der Waals surface area contributed by atoms with Crippen LogP contribution >= 0.6 is 11.3 Å². The number of nitro groups is 1. The van der Waals surface area contributed by atoms with Crippen LogP contribution in [0.2, 0.25) is 0 Å². The fourth-order valence-electron chi connectivity index (χ4n) is 1.90. The summed E-state index contributed by atoms with van der Waals surface area (Å²) < 4.78 is 4.99. The third-order valence-electron chi connectivity index (χ3n) is 3.10. The molecule has 0 amide bonds. The number of thiophene rings is 1. The van der Waals surface area contributed by atoms with E-state index in [0.29, 0.717) is 6.54 Å². The van der Waals surface area contributed by atoms with Gasteiger partial charge in [0.15, 0.2) is 5.75 Å². The van der Waals surface area contributed by atoms with E-state index in [1.54, 1.807) is 23.5 Å². The Balaban J connectivity index is 2.06. The van der Waals surface area contributed by atoms with Crippen molar-refractivity contribution in [2.75, 3.05) is 7.11 Å². The lowest BCUT2D eigenvalue weighted by Crippen LogP contribution is -2.17. The molecule has 0 radical (unpaired) electrons. The molecule has 0 fully saturated rings. The van der Waals surface area contributed by atoms with E-state index >= 15 is 0 Å². The van der Waals surface area contributed by atoms with Crippen LogP contribution in [-0.4, -0.2) is 12.0 Å². The molecule has 1 heterocycles. The first-order chi connectivity index (χ1) is 9.61. The largest absolute Gasteiger partial charge is 0.490 e. The molecule has 0 saturated carbocycles. The molecule has 6 heteroatoms. The van der Waals surface area contributed by atoms with Crippen molar-refractivity contribution in [3.63, 3.8) is 0 Å². The third-order valence-corrected chi connectivity index (χ3v) is 3.80. The zero-order valence-electron chi connectivity index (χ0n) is 11.3. The van der Waals surface area contributed by atoms with Gasteiger partial charge in [0.2, 0.25) is 0 Å². The van der Waals surface area contributed by atoms with Crippen molar-refractivity contribution in [1.29, 1.82) is 0 Å². The normalized spacial score (nSPS) is 12.1. The lowest BCUT2D eigenvalue weighted by molar-refractivity contribution is -0.385. The van der Waals surface area contributed by atoms with Gasteiger partial charge in [0.1, 0.15) is 0 Å². The second-order valence-corrected chi connectivity index (χ2v) is 5.20. The number of nitrogens with zero attached hydrogens (tertiary/aromatic N) is 1. The Morgan fingerprint density at radius 2 is 2.25 bits per heavy atom. The van der Waals surface area contributed by atoms with Crippen LogP contribution in [0.5, 0.6) is 5.75 Å². The SMILES string of the molecule is COc1ccc(CNC(C)c2ccsc2)cc1[N+](=O)[O-]. The van der Waals surface area contributed by atoms with Crippen LogP contribution in [0.4, 0.5) is 5.69 Å². The predicted octanol–water partition coefficient (Wildman–Crippen LogP) is 3.52. The van der Waals surface area contributed by atoms with Crippen molar-refractivity contribution in [2.45, 2.75) is 19.5 Å². The minimum atomic E-state index is -0.426. The highest BCUT2D eigenvalue weighted by molar-refractivity contribution is 7.07. The molecule has 2 rings (SSSR count). The van der Waals surface area contributed by atoms with Gasteiger partial charge >= 0.3 is 5.69 Å². The molecule has 2 aromatic rings. The van der Waals surface area contributed by atoms with Gasteiger partial charge in [0.25, 0.3) is 0 Å². The van der Waals surface area contributed by atoms with Crippen molar-refractivity contribution in [3.8, 4) is 5.75 Å². The monoisotopic (exact) mass is 292 g/mol. The lowest BCUT2D eigenvalue weighted by Gasteiger charge is -2.12. The van der Waals surface area contributed by atoms with E-state index in [-0.39, 0.29) is 17.5 Å². The van der Waals surface area contributed by atoms with Gasteiger partial charge in [-0.3, -0.25) is 10.1 Å². The lowest BCUT2D eigenvalue weighted by atomic mass is 10.1. The molecule has 0 aliphatic carbocycles. The van der Waals surface area contributed by atoms with Crippen LogP contribution in [0, 0.1) is 10.1 Å². The molecular weight excluding hydrogens is 276 g/mol. The molecule has 0 aliphatic heterocycles. The van der Waals surface area contributed by atoms with Gasteiger partial charge < -0.3 is 10.1 Å². The van der Waals surface area contributed by atoms with Gasteiger partial charge in [0, 0.05) is 18.7 Å². The number of rotatable bonds is 6. The minimum absolute atomic E-state index is 0.00464. The van der Waals surface area contributed by atoms with Crippen molar-refractivity contribution in [3.05, 3.63) is 56.3 Å². The quantitative estimate of drug-likeness (QED) is 0.653. The standard InChI is InChI=1S/C14H16N2O3S/c1-10(12-5-6-20-9-12)15-8-11-3-4-14(19-2)13(7-11)16(17)18/h3-7,9-10,15H,8H2,1-2H3. The number of hydrogen-bond donors (Lipinski definition) is 1. The molecule has 1 N–H and O–H groups in total. The maximum absolute atomic E-state index is 11.0. The molecule has 1 atom stereocenters. The average Bonchev–Trinajstić information content (AvgIpc) is 2.98. The second-order valence-electron chi connectivity index (χ2n) is 4.42. The van der Waals surface area contributed by atoms with Gasteiger partial charge in [-0.1, -0.05) is 6.07 Å². The Labute approximate surface area is 121 Å². The smallest absolute Gasteiger partial charge is 0.311 e. The van der Waals surface area contributed by atoms with E-state index in [0.717, 1.165) is 5.56 Å². The van der Waals surface area contributed by atoms with Crippen LogP contribution < -0.4 is 10.1 Å². The zero-order chi connectivity index (χ0) is 14.5. The molecule has 1 unspecified atom stereocenters.